The monoisotopic (exact) mass is 238 g/mol. The van der Waals surface area contributed by atoms with Gasteiger partial charge in [0.1, 0.15) is 0 Å². The molecule has 0 spiro atoms. The number of anilines is 1. The number of rotatable bonds is 2. The lowest BCUT2D eigenvalue weighted by Gasteiger charge is -2.02. The fourth-order valence-electron chi connectivity index (χ4n) is 1.00. The zero-order valence-corrected chi connectivity index (χ0v) is 9.34. The van der Waals surface area contributed by atoms with Crippen molar-refractivity contribution in [2.24, 2.45) is 5.14 Å². The van der Waals surface area contributed by atoms with Gasteiger partial charge in [-0.2, -0.15) is 0 Å². The third-order valence-corrected chi connectivity index (χ3v) is 2.61. The Morgan fingerprint density at radius 1 is 1.31 bits per heavy atom. The lowest BCUT2D eigenvalue weighted by atomic mass is 10.3. The Morgan fingerprint density at radius 3 is 2.31 bits per heavy atom. The molecule has 3 N–H and O–H groups in total. The molecule has 0 aliphatic rings. The number of carbonyl (C=O) groups is 1. The van der Waals surface area contributed by atoms with Crippen LogP contribution in [0.2, 0.25) is 0 Å². The van der Waals surface area contributed by atoms with Gasteiger partial charge in [0.15, 0.2) is 0 Å². The van der Waals surface area contributed by atoms with Gasteiger partial charge in [0, 0.05) is 5.69 Å². The minimum atomic E-state index is -3.70. The summed E-state index contributed by atoms with van der Waals surface area (Å²) in [4.78, 5) is 11.1. The quantitative estimate of drug-likeness (QED) is 0.726. The molecule has 6 heteroatoms. The van der Waals surface area contributed by atoms with Crippen LogP contribution in [-0.2, 0) is 14.8 Å². The minimum Gasteiger partial charge on any atom is -0.315 e. The van der Waals surface area contributed by atoms with Crippen LogP contribution >= 0.6 is 0 Å². The average molecular weight is 238 g/mol. The van der Waals surface area contributed by atoms with Crippen LogP contribution in [0.5, 0.6) is 0 Å². The van der Waals surface area contributed by atoms with Crippen LogP contribution in [0.3, 0.4) is 0 Å². The van der Waals surface area contributed by atoms with Crippen LogP contribution in [-0.4, -0.2) is 14.3 Å². The number of amides is 1. The molecule has 0 aromatic heterocycles. The number of nitrogens with two attached hydrogens (primary N) is 1. The van der Waals surface area contributed by atoms with Crippen molar-refractivity contribution in [1.29, 1.82) is 0 Å². The first-order chi connectivity index (χ1) is 7.43. The number of benzene rings is 1. The summed E-state index contributed by atoms with van der Waals surface area (Å²) in [6.07, 6.45) is 0. The maximum atomic E-state index is 11.1. The van der Waals surface area contributed by atoms with Crippen molar-refractivity contribution in [2.45, 2.75) is 11.8 Å². The summed E-state index contributed by atoms with van der Waals surface area (Å²) in [5, 5.41) is 7.39. The second kappa shape index (κ2) is 4.79. The highest BCUT2D eigenvalue weighted by atomic mass is 32.2. The third kappa shape index (κ3) is 3.38. The molecule has 1 aromatic rings. The van der Waals surface area contributed by atoms with Gasteiger partial charge in [0.2, 0.25) is 10.0 Å². The number of nitrogens with one attached hydrogen (secondary N) is 1. The molecule has 0 atom stereocenters. The molecule has 0 unspecified atom stereocenters. The SMILES string of the molecule is CC#CC(=O)Nc1ccc(S(N)(=O)=O)cc1. The summed E-state index contributed by atoms with van der Waals surface area (Å²) in [6, 6.07) is 5.50. The third-order valence-electron chi connectivity index (χ3n) is 1.68. The summed E-state index contributed by atoms with van der Waals surface area (Å²) in [7, 11) is -3.70. The standard InChI is InChI=1S/C10H10N2O3S/c1-2-3-10(13)12-8-4-6-9(7-5-8)16(11,14)15/h4-7H,1H3,(H,12,13)(H2,11,14,15). The molecular weight excluding hydrogens is 228 g/mol. The van der Waals surface area contributed by atoms with E-state index in [-0.39, 0.29) is 4.90 Å². The maximum absolute atomic E-state index is 11.1. The Morgan fingerprint density at radius 2 is 1.88 bits per heavy atom. The van der Waals surface area contributed by atoms with Crippen LogP contribution in [0.25, 0.3) is 0 Å². The predicted octanol–water partition coefficient (Wildman–Crippen LogP) is 0.296. The van der Waals surface area contributed by atoms with E-state index in [9.17, 15) is 13.2 Å². The lowest BCUT2D eigenvalue weighted by molar-refractivity contribution is -0.111. The van der Waals surface area contributed by atoms with Crippen LogP contribution in [0.1, 0.15) is 6.92 Å². The normalized spacial score (nSPS) is 10.1. The molecule has 1 aromatic carbocycles. The number of hydrogen-bond acceptors (Lipinski definition) is 3. The van der Waals surface area contributed by atoms with Gasteiger partial charge in [-0.15, -0.1) is 0 Å². The van der Waals surface area contributed by atoms with Gasteiger partial charge in [-0.05, 0) is 37.1 Å². The van der Waals surface area contributed by atoms with Crippen molar-refractivity contribution in [2.75, 3.05) is 5.32 Å². The van der Waals surface area contributed by atoms with Crippen LogP contribution in [0.4, 0.5) is 5.69 Å². The molecule has 5 nitrogen and oxygen atoms in total. The average Bonchev–Trinajstić information content (AvgIpc) is 2.17. The summed E-state index contributed by atoms with van der Waals surface area (Å²) in [5.74, 6) is 4.29. The molecule has 1 amide bonds. The van der Waals surface area contributed by atoms with Crippen molar-refractivity contribution < 1.29 is 13.2 Å². The predicted molar refractivity (Wildman–Crippen MR) is 59.9 cm³/mol. The van der Waals surface area contributed by atoms with E-state index in [0.717, 1.165) is 0 Å². The van der Waals surface area contributed by atoms with Gasteiger partial charge in [-0.1, -0.05) is 5.92 Å². The molecule has 84 valence electrons. The zero-order chi connectivity index (χ0) is 12.2. The van der Waals surface area contributed by atoms with Gasteiger partial charge >= 0.3 is 0 Å². The summed E-state index contributed by atoms with van der Waals surface area (Å²) >= 11 is 0. The van der Waals surface area contributed by atoms with Crippen LogP contribution in [0.15, 0.2) is 29.2 Å². The molecule has 0 radical (unpaired) electrons. The van der Waals surface area contributed by atoms with E-state index >= 15 is 0 Å². The van der Waals surface area contributed by atoms with Gasteiger partial charge in [0.25, 0.3) is 5.91 Å². The Bertz CT molecular complexity index is 550. The van der Waals surface area contributed by atoms with E-state index in [2.05, 4.69) is 17.2 Å². The number of hydrogen-bond donors (Lipinski definition) is 2. The molecule has 0 aliphatic heterocycles. The van der Waals surface area contributed by atoms with Crippen LogP contribution in [0, 0.1) is 11.8 Å². The van der Waals surface area contributed by atoms with Crippen molar-refractivity contribution >= 4 is 21.6 Å². The summed E-state index contributed by atoms with van der Waals surface area (Å²) in [6.45, 7) is 1.55. The van der Waals surface area contributed by atoms with E-state index in [1.54, 1.807) is 6.92 Å². The van der Waals surface area contributed by atoms with Crippen molar-refractivity contribution in [1.82, 2.24) is 0 Å². The highest BCUT2D eigenvalue weighted by Gasteiger charge is 2.06. The van der Waals surface area contributed by atoms with Crippen molar-refractivity contribution in [3.63, 3.8) is 0 Å². The maximum Gasteiger partial charge on any atom is 0.300 e. The number of primary sulfonamides is 1. The Balaban J connectivity index is 2.87. The largest absolute Gasteiger partial charge is 0.315 e. The molecular formula is C10H10N2O3S. The highest BCUT2D eigenvalue weighted by molar-refractivity contribution is 7.89. The zero-order valence-electron chi connectivity index (χ0n) is 8.52. The molecule has 0 fully saturated rings. The fourth-order valence-corrected chi connectivity index (χ4v) is 1.52. The Labute approximate surface area is 93.7 Å². The van der Waals surface area contributed by atoms with Crippen LogP contribution < -0.4 is 10.5 Å². The van der Waals surface area contributed by atoms with Gasteiger partial charge in [0.05, 0.1) is 4.90 Å². The molecule has 0 saturated heterocycles. The molecule has 0 heterocycles. The Kier molecular flexibility index (Phi) is 3.66. The van der Waals surface area contributed by atoms with Crippen molar-refractivity contribution in [3.8, 4) is 11.8 Å². The van der Waals surface area contributed by atoms with Gasteiger partial charge in [-0.3, -0.25) is 4.79 Å². The van der Waals surface area contributed by atoms with Crippen molar-refractivity contribution in [3.05, 3.63) is 24.3 Å². The molecule has 0 saturated carbocycles. The molecule has 1 rings (SSSR count). The first kappa shape index (κ1) is 12.2. The molecule has 16 heavy (non-hydrogen) atoms. The summed E-state index contributed by atoms with van der Waals surface area (Å²) < 4.78 is 21.9. The van der Waals surface area contributed by atoms with Gasteiger partial charge < -0.3 is 5.32 Å². The van der Waals surface area contributed by atoms with E-state index in [1.807, 2.05) is 0 Å². The van der Waals surface area contributed by atoms with E-state index in [1.165, 1.54) is 24.3 Å². The van der Waals surface area contributed by atoms with E-state index in [4.69, 9.17) is 5.14 Å². The topological polar surface area (TPSA) is 89.3 Å². The first-order valence-corrected chi connectivity index (χ1v) is 5.84. The Hall–Kier alpha value is -1.84. The summed E-state index contributed by atoms with van der Waals surface area (Å²) in [5.41, 5.74) is 0.458. The smallest absolute Gasteiger partial charge is 0.300 e. The fraction of sp³-hybridized carbons (Fsp3) is 0.100. The lowest BCUT2D eigenvalue weighted by Crippen LogP contribution is -2.12. The second-order valence-electron chi connectivity index (χ2n) is 2.90. The number of carbonyl (C=O) groups excluding carboxylic acids is 1. The van der Waals surface area contributed by atoms with E-state index in [0.29, 0.717) is 5.69 Å². The number of sulfonamides is 1. The first-order valence-electron chi connectivity index (χ1n) is 4.30. The van der Waals surface area contributed by atoms with E-state index < -0.39 is 15.9 Å². The highest BCUT2D eigenvalue weighted by Crippen LogP contribution is 2.12. The van der Waals surface area contributed by atoms with Gasteiger partial charge in [-0.25, -0.2) is 13.6 Å². The second-order valence-corrected chi connectivity index (χ2v) is 4.46. The molecule has 0 aliphatic carbocycles. The minimum absolute atomic E-state index is 0.00734. The molecule has 0 bridgehead atoms.